The van der Waals surface area contributed by atoms with Gasteiger partial charge in [-0.05, 0) is 98.3 Å². The van der Waals surface area contributed by atoms with Gasteiger partial charge in [0.2, 0.25) is 0 Å². The van der Waals surface area contributed by atoms with Gasteiger partial charge >= 0.3 is 0 Å². The van der Waals surface area contributed by atoms with Crippen molar-refractivity contribution in [3.05, 3.63) is 70.8 Å². The number of hydrogen-bond donors (Lipinski definition) is 1. The molecule has 1 unspecified atom stereocenters. The van der Waals surface area contributed by atoms with Gasteiger partial charge in [0, 0.05) is 11.5 Å². The molecule has 1 N–H and O–H groups in total. The first-order valence-corrected chi connectivity index (χ1v) is 16.0. The van der Waals surface area contributed by atoms with Crippen LogP contribution >= 0.6 is 0 Å². The maximum absolute atomic E-state index is 15.6. The molecule has 4 aliphatic carbocycles. The van der Waals surface area contributed by atoms with E-state index in [1.165, 1.54) is 5.57 Å². The quantitative estimate of drug-likeness (QED) is 0.180. The van der Waals surface area contributed by atoms with E-state index in [1.54, 1.807) is 24.3 Å². The third-order valence-corrected chi connectivity index (χ3v) is 11.8. The molecule has 6 bridgehead atoms. The summed E-state index contributed by atoms with van der Waals surface area (Å²) in [4.78, 5) is 46.0. The Bertz CT molecular complexity index is 1440. The lowest BCUT2D eigenvalue weighted by Crippen LogP contribution is -2.80. The predicted molar refractivity (Wildman–Crippen MR) is 169 cm³/mol. The third-order valence-electron chi connectivity index (χ3n) is 11.8. The van der Waals surface area contributed by atoms with Gasteiger partial charge in [-0.25, -0.2) is 0 Å². The van der Waals surface area contributed by atoms with Crippen LogP contribution in [0.4, 0.5) is 0 Å². The van der Waals surface area contributed by atoms with Crippen molar-refractivity contribution in [2.24, 2.45) is 33.5 Å². The van der Waals surface area contributed by atoms with E-state index in [0.717, 1.165) is 24.0 Å². The molecule has 0 spiro atoms. The lowest BCUT2D eigenvalue weighted by molar-refractivity contribution is -0.324. The fourth-order valence-electron chi connectivity index (χ4n) is 9.50. The highest BCUT2D eigenvalue weighted by molar-refractivity contribution is 6.34. The van der Waals surface area contributed by atoms with Crippen LogP contribution in [0.2, 0.25) is 0 Å². The Balaban J connectivity index is 1.83. The number of benzene rings is 1. The van der Waals surface area contributed by atoms with Crippen molar-refractivity contribution in [2.75, 3.05) is 0 Å². The Morgan fingerprint density at radius 1 is 0.907 bits per heavy atom. The van der Waals surface area contributed by atoms with Crippen molar-refractivity contribution in [2.45, 2.75) is 112 Å². The van der Waals surface area contributed by atoms with Gasteiger partial charge in [-0.15, -0.1) is 0 Å². The smallest absolute Gasteiger partial charge is 0.192 e. The lowest BCUT2D eigenvalue weighted by Gasteiger charge is -2.65. The fourth-order valence-corrected chi connectivity index (χ4v) is 9.50. The molecule has 1 heterocycles. The average Bonchev–Trinajstić information content (AvgIpc) is 3.01. The predicted octanol–water partition coefficient (Wildman–Crippen LogP) is 7.98. The summed E-state index contributed by atoms with van der Waals surface area (Å²) in [6.07, 6.45) is 9.42. The Hall–Kier alpha value is -2.63. The molecule has 0 amide bonds. The number of ketones is 3. The van der Waals surface area contributed by atoms with Crippen LogP contribution in [0, 0.1) is 33.5 Å². The average molecular weight is 587 g/mol. The number of carbonyl (C=O) groups is 3. The molecule has 0 radical (unpaired) electrons. The first kappa shape index (κ1) is 31.8. The van der Waals surface area contributed by atoms with Gasteiger partial charge in [-0.3, -0.25) is 14.4 Å². The number of carbonyl (C=O) groups excluding carboxylic acids is 3. The standard InChI is InChI=1S/C38H50O5/c1-24(2)14-13-15-26(5)19-20-35-23-28-22-29-34(8,9)43-38(35,42)36(29,21-18-25(3)4)32(41)37(31(35)40,33(28,6)7)30(39)27-16-11-10-12-17-27/h10-12,14,16-19,28-29,42H,13,15,20-23H2,1-9H3/b26-19+/t28-,29+,35-,36+,37-,38?/m1/s1. The van der Waals surface area contributed by atoms with Crippen molar-refractivity contribution in [3.8, 4) is 0 Å². The van der Waals surface area contributed by atoms with Crippen LogP contribution in [0.3, 0.4) is 0 Å². The molecule has 5 heteroatoms. The molecular weight excluding hydrogens is 536 g/mol. The molecule has 5 aliphatic rings. The Labute approximate surface area is 257 Å². The molecule has 1 aromatic rings. The van der Waals surface area contributed by atoms with Crippen molar-refractivity contribution in [1.29, 1.82) is 0 Å². The molecule has 6 rings (SSSR count). The van der Waals surface area contributed by atoms with Crippen LogP contribution < -0.4 is 0 Å². The van der Waals surface area contributed by atoms with Crippen molar-refractivity contribution >= 4 is 17.3 Å². The van der Waals surface area contributed by atoms with E-state index in [9.17, 15) is 9.90 Å². The third kappa shape index (κ3) is 3.99. The van der Waals surface area contributed by atoms with Crippen molar-refractivity contribution in [3.63, 3.8) is 0 Å². The normalized spacial score (nSPS) is 36.8. The minimum atomic E-state index is -2.04. The minimum Gasteiger partial charge on any atom is -0.364 e. The number of hydrogen-bond acceptors (Lipinski definition) is 5. The van der Waals surface area contributed by atoms with Crippen LogP contribution in [0.1, 0.15) is 111 Å². The Morgan fingerprint density at radius 2 is 1.53 bits per heavy atom. The zero-order valence-electron chi connectivity index (χ0n) is 27.6. The number of allylic oxidation sites excluding steroid dienone is 6. The van der Waals surface area contributed by atoms with Gasteiger partial charge in [-0.1, -0.05) is 79.1 Å². The lowest BCUT2D eigenvalue weighted by atomic mass is 9.35. The molecule has 5 fully saturated rings. The topological polar surface area (TPSA) is 80.7 Å². The second-order valence-electron chi connectivity index (χ2n) is 15.5. The molecule has 43 heavy (non-hydrogen) atoms. The molecule has 1 saturated heterocycles. The highest BCUT2D eigenvalue weighted by Crippen LogP contribution is 2.80. The van der Waals surface area contributed by atoms with Gasteiger partial charge in [-0.2, -0.15) is 0 Å². The first-order chi connectivity index (χ1) is 20.0. The zero-order valence-corrected chi connectivity index (χ0v) is 27.6. The maximum atomic E-state index is 15.6. The van der Waals surface area contributed by atoms with E-state index >= 15 is 9.59 Å². The molecular formula is C38H50O5. The summed E-state index contributed by atoms with van der Waals surface area (Å²) in [5.74, 6) is -3.88. The molecule has 232 valence electrons. The summed E-state index contributed by atoms with van der Waals surface area (Å²) in [7, 11) is 0. The summed E-state index contributed by atoms with van der Waals surface area (Å²) in [6, 6.07) is 8.80. The summed E-state index contributed by atoms with van der Waals surface area (Å²) < 4.78 is 6.73. The SMILES string of the molecule is CC(C)=CCC/C(C)=C/C[C@]12C[C@H]3C[C@H]4C(C)(C)OC1(O)[C@]4(CC=C(C)C)C(=O)[C@@](C(=O)c1ccccc1)(C2=O)C3(C)C. The highest BCUT2D eigenvalue weighted by Gasteiger charge is 2.92. The number of ether oxygens (including phenoxy) is 1. The second-order valence-corrected chi connectivity index (χ2v) is 15.5. The maximum Gasteiger partial charge on any atom is 0.192 e. The number of Topliss-reactive ketones (excluding diaryl/α,β-unsaturated/α-hetero) is 3. The van der Waals surface area contributed by atoms with Gasteiger partial charge in [0.05, 0.1) is 16.4 Å². The molecule has 5 nitrogen and oxygen atoms in total. The van der Waals surface area contributed by atoms with Crippen LogP contribution in [0.15, 0.2) is 65.3 Å². The van der Waals surface area contributed by atoms with Crippen LogP contribution in [-0.2, 0) is 14.3 Å². The van der Waals surface area contributed by atoms with E-state index < -0.39 is 50.4 Å². The molecule has 6 atom stereocenters. The zero-order chi connectivity index (χ0) is 31.8. The summed E-state index contributed by atoms with van der Waals surface area (Å²) in [5, 5.41) is 13.2. The fraction of sp³-hybridized carbons (Fsp3) is 0.605. The van der Waals surface area contributed by atoms with Gasteiger partial charge < -0.3 is 9.84 Å². The number of rotatable bonds is 9. The minimum absolute atomic E-state index is 0.142. The van der Waals surface area contributed by atoms with E-state index in [0.29, 0.717) is 18.4 Å². The number of aliphatic hydroxyl groups is 1. The monoisotopic (exact) mass is 586 g/mol. The Kier molecular flexibility index (Phi) is 7.54. The summed E-state index contributed by atoms with van der Waals surface area (Å²) in [6.45, 7) is 18.0. The van der Waals surface area contributed by atoms with Crippen LogP contribution in [0.5, 0.6) is 0 Å². The molecule has 0 aromatic heterocycles. The van der Waals surface area contributed by atoms with Crippen molar-refractivity contribution < 1.29 is 24.2 Å². The Morgan fingerprint density at radius 3 is 2.14 bits per heavy atom. The highest BCUT2D eigenvalue weighted by atomic mass is 16.7. The molecule has 1 aliphatic heterocycles. The first-order valence-electron chi connectivity index (χ1n) is 16.0. The molecule has 1 aromatic carbocycles. The van der Waals surface area contributed by atoms with Crippen LogP contribution in [0.25, 0.3) is 0 Å². The van der Waals surface area contributed by atoms with E-state index in [1.807, 2.05) is 53.7 Å². The summed E-state index contributed by atoms with van der Waals surface area (Å²) >= 11 is 0. The van der Waals surface area contributed by atoms with Crippen LogP contribution in [-0.4, -0.2) is 33.8 Å². The van der Waals surface area contributed by atoms with E-state index in [-0.39, 0.29) is 24.7 Å². The largest absolute Gasteiger partial charge is 0.364 e. The van der Waals surface area contributed by atoms with E-state index in [4.69, 9.17) is 4.74 Å². The second kappa shape index (κ2) is 10.2. The van der Waals surface area contributed by atoms with Gasteiger partial charge in [0.1, 0.15) is 0 Å². The van der Waals surface area contributed by atoms with Crippen molar-refractivity contribution in [1.82, 2.24) is 0 Å². The summed E-state index contributed by atoms with van der Waals surface area (Å²) in [5.41, 5.74) is -2.89. The molecule has 4 saturated carbocycles. The van der Waals surface area contributed by atoms with Gasteiger partial charge in [0.15, 0.2) is 28.6 Å². The van der Waals surface area contributed by atoms with E-state index in [2.05, 4.69) is 32.9 Å². The van der Waals surface area contributed by atoms with Gasteiger partial charge in [0.25, 0.3) is 0 Å².